The second-order valence-electron chi connectivity index (χ2n) is 6.45. The van der Waals surface area contributed by atoms with Gasteiger partial charge in [0.05, 0.1) is 5.69 Å². The highest BCUT2D eigenvalue weighted by atomic mass is 32.1. The lowest BCUT2D eigenvalue weighted by Gasteiger charge is -2.18. The molecule has 1 aliphatic heterocycles. The molecule has 2 aromatic carbocycles. The number of carbonyl (C=O) groups excluding carboxylic acids is 1. The highest BCUT2D eigenvalue weighted by Gasteiger charge is 2.11. The maximum atomic E-state index is 13.0. The fraction of sp³-hybridized carbons (Fsp3) is 0.182. The molecule has 3 aromatic rings. The number of allylic oxidation sites excluding steroid dienone is 1. The average molecular weight is 410 g/mol. The fourth-order valence-corrected chi connectivity index (χ4v) is 3.64. The largest absolute Gasteiger partial charge is 0.486 e. The monoisotopic (exact) mass is 410 g/mol. The molecule has 2 heterocycles. The second-order valence-corrected chi connectivity index (χ2v) is 7.31. The van der Waals surface area contributed by atoms with E-state index in [1.807, 2.05) is 29.7 Å². The van der Waals surface area contributed by atoms with Crippen molar-refractivity contribution in [2.75, 3.05) is 18.5 Å². The van der Waals surface area contributed by atoms with E-state index in [9.17, 15) is 9.18 Å². The van der Waals surface area contributed by atoms with E-state index in [0.29, 0.717) is 24.0 Å². The van der Waals surface area contributed by atoms with Gasteiger partial charge >= 0.3 is 0 Å². The smallest absolute Gasteiger partial charge is 0.249 e. The van der Waals surface area contributed by atoms with Gasteiger partial charge in [0, 0.05) is 10.9 Å². The van der Waals surface area contributed by atoms with E-state index in [2.05, 4.69) is 10.3 Å². The van der Waals surface area contributed by atoms with Crippen molar-refractivity contribution in [3.05, 3.63) is 71.4 Å². The number of nitrogens with zero attached hydrogens (tertiary/aromatic N) is 1. The van der Waals surface area contributed by atoms with Crippen LogP contribution in [0.2, 0.25) is 0 Å². The Kier molecular flexibility index (Phi) is 5.86. The van der Waals surface area contributed by atoms with E-state index in [-0.39, 0.29) is 11.7 Å². The van der Waals surface area contributed by atoms with Crippen molar-refractivity contribution in [1.82, 2.24) is 4.98 Å². The van der Waals surface area contributed by atoms with Gasteiger partial charge in [-0.25, -0.2) is 9.37 Å². The number of aromatic nitrogens is 1. The quantitative estimate of drug-likeness (QED) is 0.591. The van der Waals surface area contributed by atoms with Gasteiger partial charge in [-0.05, 0) is 60.9 Å². The van der Waals surface area contributed by atoms with Crippen molar-refractivity contribution in [1.29, 1.82) is 0 Å². The summed E-state index contributed by atoms with van der Waals surface area (Å²) in [4.78, 5) is 16.5. The molecule has 1 aliphatic rings. The highest BCUT2D eigenvalue weighted by Crippen LogP contribution is 2.31. The molecule has 1 aromatic heterocycles. The Morgan fingerprint density at radius 2 is 1.93 bits per heavy atom. The maximum Gasteiger partial charge on any atom is 0.249 e. The van der Waals surface area contributed by atoms with Crippen LogP contribution in [0.4, 0.5) is 9.52 Å². The number of thiazole rings is 1. The lowest BCUT2D eigenvalue weighted by Crippen LogP contribution is -2.15. The molecule has 0 fully saturated rings. The topological polar surface area (TPSA) is 60.5 Å². The van der Waals surface area contributed by atoms with Crippen LogP contribution in [-0.2, 0) is 11.2 Å². The molecule has 0 aliphatic carbocycles. The van der Waals surface area contributed by atoms with Gasteiger partial charge in [-0.15, -0.1) is 11.3 Å². The molecule has 0 bridgehead atoms. The first-order chi connectivity index (χ1) is 14.2. The molecule has 7 heteroatoms. The van der Waals surface area contributed by atoms with Crippen molar-refractivity contribution in [3.8, 4) is 22.8 Å². The van der Waals surface area contributed by atoms with Gasteiger partial charge < -0.3 is 9.47 Å². The van der Waals surface area contributed by atoms with Crippen molar-refractivity contribution in [2.24, 2.45) is 0 Å². The molecule has 4 rings (SSSR count). The number of anilines is 1. The summed E-state index contributed by atoms with van der Waals surface area (Å²) < 4.78 is 24.1. The van der Waals surface area contributed by atoms with Crippen LogP contribution in [0.5, 0.6) is 11.5 Å². The summed E-state index contributed by atoms with van der Waals surface area (Å²) in [6.07, 6.45) is 4.87. The van der Waals surface area contributed by atoms with Crippen molar-refractivity contribution >= 4 is 22.4 Å². The van der Waals surface area contributed by atoms with E-state index < -0.39 is 0 Å². The first-order valence-electron chi connectivity index (χ1n) is 9.25. The highest BCUT2D eigenvalue weighted by molar-refractivity contribution is 7.14. The number of nitrogens with one attached hydrogen (secondary N) is 1. The van der Waals surface area contributed by atoms with Crippen LogP contribution in [0.15, 0.2) is 60.0 Å². The molecule has 0 saturated heterocycles. The third-order valence-electron chi connectivity index (χ3n) is 4.35. The van der Waals surface area contributed by atoms with Gasteiger partial charge in [-0.3, -0.25) is 10.1 Å². The predicted octanol–water partition coefficient (Wildman–Crippen LogP) is 4.85. The number of hydrogen-bond acceptors (Lipinski definition) is 5. The fourth-order valence-electron chi connectivity index (χ4n) is 2.92. The van der Waals surface area contributed by atoms with Crippen LogP contribution in [0, 0.1) is 5.82 Å². The Morgan fingerprint density at radius 3 is 2.76 bits per heavy atom. The molecule has 1 N–H and O–H groups in total. The molecule has 0 atom stereocenters. The summed E-state index contributed by atoms with van der Waals surface area (Å²) in [6.45, 7) is 1.14. The van der Waals surface area contributed by atoms with Gasteiger partial charge in [0.1, 0.15) is 19.0 Å². The van der Waals surface area contributed by atoms with Crippen LogP contribution in [-0.4, -0.2) is 24.1 Å². The zero-order chi connectivity index (χ0) is 20.1. The predicted molar refractivity (Wildman–Crippen MR) is 111 cm³/mol. The third-order valence-corrected chi connectivity index (χ3v) is 5.11. The van der Waals surface area contributed by atoms with E-state index in [4.69, 9.17) is 9.47 Å². The Labute approximate surface area is 171 Å². The molecule has 5 nitrogen and oxygen atoms in total. The summed E-state index contributed by atoms with van der Waals surface area (Å²) in [5, 5.41) is 5.09. The van der Waals surface area contributed by atoms with Gasteiger partial charge in [0.15, 0.2) is 16.6 Å². The number of carbonyl (C=O) groups is 1. The number of amides is 1. The molecular formula is C22H19FN2O3S. The number of ether oxygens (including phenoxy) is 2. The Morgan fingerprint density at radius 1 is 1.14 bits per heavy atom. The first-order valence-corrected chi connectivity index (χ1v) is 10.1. The molecule has 148 valence electrons. The summed E-state index contributed by atoms with van der Waals surface area (Å²) in [7, 11) is 0. The van der Waals surface area contributed by atoms with Crippen LogP contribution in [0.3, 0.4) is 0 Å². The SMILES string of the molecule is O=C(C=CCCc1ccc2c(c1)OCCO2)Nc1nc(-c2ccc(F)cc2)cs1. The first kappa shape index (κ1) is 19.1. The Bertz CT molecular complexity index is 1030. The summed E-state index contributed by atoms with van der Waals surface area (Å²) in [6, 6.07) is 12.0. The lowest BCUT2D eigenvalue weighted by atomic mass is 10.1. The van der Waals surface area contributed by atoms with Crippen LogP contribution < -0.4 is 14.8 Å². The maximum absolute atomic E-state index is 13.0. The average Bonchev–Trinajstić information content (AvgIpc) is 3.20. The minimum atomic E-state index is -0.293. The van der Waals surface area contributed by atoms with Crippen molar-refractivity contribution in [3.63, 3.8) is 0 Å². The number of aryl methyl sites for hydroxylation is 1. The number of fused-ring (bicyclic) bond motifs is 1. The summed E-state index contributed by atoms with van der Waals surface area (Å²) in [5.74, 6) is 1.03. The van der Waals surface area contributed by atoms with Gasteiger partial charge in [0.25, 0.3) is 0 Å². The molecule has 0 saturated carbocycles. The van der Waals surface area contributed by atoms with E-state index in [1.54, 1.807) is 12.1 Å². The third kappa shape index (κ3) is 5.00. The molecule has 0 radical (unpaired) electrons. The Balaban J connectivity index is 1.27. The number of rotatable bonds is 6. The number of benzene rings is 2. The molecule has 0 spiro atoms. The van der Waals surface area contributed by atoms with Crippen LogP contribution in [0.1, 0.15) is 12.0 Å². The molecule has 29 heavy (non-hydrogen) atoms. The van der Waals surface area contributed by atoms with Gasteiger partial charge in [-0.2, -0.15) is 0 Å². The van der Waals surface area contributed by atoms with Crippen LogP contribution in [0.25, 0.3) is 11.3 Å². The van der Waals surface area contributed by atoms with Crippen molar-refractivity contribution in [2.45, 2.75) is 12.8 Å². The lowest BCUT2D eigenvalue weighted by molar-refractivity contribution is -0.111. The summed E-state index contributed by atoms with van der Waals surface area (Å²) in [5.41, 5.74) is 2.63. The zero-order valence-electron chi connectivity index (χ0n) is 15.6. The molecule has 0 unspecified atom stereocenters. The normalized spacial score (nSPS) is 12.9. The van der Waals surface area contributed by atoms with Crippen LogP contribution >= 0.6 is 11.3 Å². The molecule has 1 amide bonds. The van der Waals surface area contributed by atoms with Gasteiger partial charge in [0.2, 0.25) is 5.91 Å². The van der Waals surface area contributed by atoms with E-state index in [0.717, 1.165) is 35.5 Å². The van der Waals surface area contributed by atoms with Crippen molar-refractivity contribution < 1.29 is 18.7 Å². The minimum Gasteiger partial charge on any atom is -0.486 e. The van der Waals surface area contributed by atoms with E-state index >= 15 is 0 Å². The second kappa shape index (κ2) is 8.87. The molecular weight excluding hydrogens is 391 g/mol. The standard InChI is InChI=1S/C22H19FN2O3S/c23-17-8-6-16(7-9-17)18-14-29-22(24-18)25-21(26)4-2-1-3-15-5-10-19-20(13-15)28-12-11-27-19/h2,4-10,13-14H,1,3,11-12H2,(H,24,25,26). The number of halogens is 1. The zero-order valence-corrected chi connectivity index (χ0v) is 16.4. The number of hydrogen-bond donors (Lipinski definition) is 1. The Hall–Kier alpha value is -3.19. The minimum absolute atomic E-state index is 0.229. The summed E-state index contributed by atoms with van der Waals surface area (Å²) >= 11 is 1.33. The van der Waals surface area contributed by atoms with E-state index in [1.165, 1.54) is 29.5 Å². The van der Waals surface area contributed by atoms with Gasteiger partial charge in [-0.1, -0.05) is 12.1 Å².